The second-order valence-corrected chi connectivity index (χ2v) is 8.27. The maximum absolute atomic E-state index is 13.5. The largest absolute Gasteiger partial charge is 0.325 e. The van der Waals surface area contributed by atoms with Gasteiger partial charge in [-0.25, -0.2) is 13.9 Å². The summed E-state index contributed by atoms with van der Waals surface area (Å²) in [5, 5.41) is 7.53. The highest BCUT2D eigenvalue weighted by atomic mass is 19.1. The molecule has 6 nitrogen and oxygen atoms in total. The van der Waals surface area contributed by atoms with Crippen LogP contribution in [0.3, 0.4) is 0 Å². The van der Waals surface area contributed by atoms with Gasteiger partial charge in [-0.3, -0.25) is 9.78 Å². The zero-order chi connectivity index (χ0) is 21.5. The second kappa shape index (κ2) is 7.33. The van der Waals surface area contributed by atoms with E-state index in [1.165, 1.54) is 6.07 Å². The van der Waals surface area contributed by atoms with E-state index in [-0.39, 0.29) is 5.91 Å². The Morgan fingerprint density at radius 1 is 1.03 bits per heavy atom. The molecule has 3 heterocycles. The van der Waals surface area contributed by atoms with Crippen molar-refractivity contribution in [2.45, 2.75) is 27.7 Å². The van der Waals surface area contributed by atoms with Crippen LogP contribution in [0.15, 0.2) is 55.0 Å². The third-order valence-electron chi connectivity index (χ3n) is 4.78. The minimum Gasteiger partial charge on any atom is -0.325 e. The van der Waals surface area contributed by atoms with Gasteiger partial charge in [-0.2, -0.15) is 5.10 Å². The molecule has 1 amide bonds. The molecule has 3 aromatic heterocycles. The Balaban J connectivity index is 1.70. The van der Waals surface area contributed by atoms with Gasteiger partial charge >= 0.3 is 0 Å². The Morgan fingerprint density at radius 3 is 2.57 bits per heavy atom. The van der Waals surface area contributed by atoms with Gasteiger partial charge in [-0.1, -0.05) is 32.9 Å². The van der Waals surface area contributed by atoms with Crippen molar-refractivity contribution in [1.29, 1.82) is 0 Å². The molecule has 4 rings (SSSR count). The predicted molar refractivity (Wildman–Crippen MR) is 114 cm³/mol. The lowest BCUT2D eigenvalue weighted by Gasteiger charge is -2.19. The summed E-state index contributed by atoms with van der Waals surface area (Å²) in [7, 11) is 0. The number of halogens is 1. The number of hydrogen-bond donors (Lipinski definition) is 1. The fourth-order valence-corrected chi connectivity index (χ4v) is 2.95. The highest BCUT2D eigenvalue weighted by Gasteiger charge is 2.22. The van der Waals surface area contributed by atoms with Gasteiger partial charge in [0.1, 0.15) is 5.82 Å². The van der Waals surface area contributed by atoms with Crippen molar-refractivity contribution in [3.05, 3.63) is 66.4 Å². The van der Waals surface area contributed by atoms with Crippen LogP contribution in [-0.4, -0.2) is 25.5 Å². The van der Waals surface area contributed by atoms with Crippen LogP contribution in [0.1, 0.15) is 26.3 Å². The summed E-state index contributed by atoms with van der Waals surface area (Å²) in [5.41, 5.74) is 4.68. The zero-order valence-corrected chi connectivity index (χ0v) is 17.3. The highest BCUT2D eigenvalue weighted by molar-refractivity contribution is 5.95. The molecule has 0 aliphatic carbocycles. The summed E-state index contributed by atoms with van der Waals surface area (Å²) in [6, 6.07) is 10.8. The van der Waals surface area contributed by atoms with Gasteiger partial charge in [-0.05, 0) is 36.8 Å². The van der Waals surface area contributed by atoms with Crippen LogP contribution in [0.5, 0.6) is 0 Å². The molecule has 1 N–H and O–H groups in total. The number of carbonyl (C=O) groups is 1. The van der Waals surface area contributed by atoms with Crippen molar-refractivity contribution < 1.29 is 9.18 Å². The molecular formula is C23H22FN5O. The third kappa shape index (κ3) is 3.91. The molecule has 0 atom stereocenters. The number of amides is 1. The number of anilines is 1. The minimum atomic E-state index is -0.488. The van der Waals surface area contributed by atoms with E-state index in [1.807, 2.05) is 58.2 Å². The molecule has 0 saturated carbocycles. The molecule has 1 aromatic carbocycles. The van der Waals surface area contributed by atoms with Crippen LogP contribution in [0.2, 0.25) is 0 Å². The third-order valence-corrected chi connectivity index (χ3v) is 4.78. The Morgan fingerprint density at radius 2 is 1.83 bits per heavy atom. The van der Waals surface area contributed by atoms with Crippen LogP contribution in [0.25, 0.3) is 28.2 Å². The number of carbonyl (C=O) groups excluding carboxylic acids is 1. The fourth-order valence-electron chi connectivity index (χ4n) is 2.95. The first kappa shape index (κ1) is 19.7. The molecule has 0 spiro atoms. The number of aryl methyl sites for hydroxylation is 1. The van der Waals surface area contributed by atoms with Gasteiger partial charge in [0.05, 0.1) is 23.8 Å². The van der Waals surface area contributed by atoms with E-state index in [0.717, 1.165) is 28.7 Å². The maximum Gasteiger partial charge on any atom is 0.229 e. The van der Waals surface area contributed by atoms with E-state index in [0.29, 0.717) is 16.9 Å². The number of nitrogens with one attached hydrogen (secondary N) is 1. The molecule has 0 aliphatic rings. The van der Waals surface area contributed by atoms with Crippen LogP contribution in [0, 0.1) is 18.2 Å². The number of aromatic nitrogens is 4. The van der Waals surface area contributed by atoms with E-state index < -0.39 is 11.2 Å². The van der Waals surface area contributed by atoms with Gasteiger partial charge < -0.3 is 5.32 Å². The predicted octanol–water partition coefficient (Wildman–Crippen LogP) is 4.89. The topological polar surface area (TPSA) is 72.2 Å². The summed E-state index contributed by atoms with van der Waals surface area (Å²) in [6.07, 6.45) is 4.54. The van der Waals surface area contributed by atoms with Gasteiger partial charge in [0.25, 0.3) is 0 Å². The SMILES string of the molecule is Cc1ccc(-c2cn3nc(-c4cncc(F)c4)ccc3n2)cc1NC(=O)C(C)(C)C. The summed E-state index contributed by atoms with van der Waals surface area (Å²) in [4.78, 5) is 20.9. The standard InChI is InChI=1S/C23H22FN5O/c1-14-5-6-15(10-19(14)27-22(30)23(2,3)4)20-13-29-21(26-20)8-7-18(28-29)16-9-17(24)12-25-11-16/h5-13H,1-4H3,(H,27,30). The van der Waals surface area contributed by atoms with Crippen LogP contribution >= 0.6 is 0 Å². The molecule has 0 saturated heterocycles. The van der Waals surface area contributed by atoms with Crippen molar-refractivity contribution in [2.75, 3.05) is 5.32 Å². The quantitative estimate of drug-likeness (QED) is 0.529. The summed E-state index contributed by atoms with van der Waals surface area (Å²) in [5.74, 6) is -0.460. The highest BCUT2D eigenvalue weighted by Crippen LogP contribution is 2.27. The molecule has 0 fully saturated rings. The lowest BCUT2D eigenvalue weighted by Crippen LogP contribution is -2.27. The van der Waals surface area contributed by atoms with Crippen molar-refractivity contribution >= 4 is 17.2 Å². The van der Waals surface area contributed by atoms with Gasteiger partial charge in [0, 0.05) is 28.4 Å². The number of hydrogen-bond acceptors (Lipinski definition) is 4. The van der Waals surface area contributed by atoms with Gasteiger partial charge in [0.15, 0.2) is 5.65 Å². The number of pyridine rings is 1. The smallest absolute Gasteiger partial charge is 0.229 e. The van der Waals surface area contributed by atoms with E-state index in [1.54, 1.807) is 16.8 Å². The van der Waals surface area contributed by atoms with Crippen LogP contribution in [-0.2, 0) is 4.79 Å². The van der Waals surface area contributed by atoms with E-state index >= 15 is 0 Å². The van der Waals surface area contributed by atoms with Gasteiger partial charge in [0.2, 0.25) is 5.91 Å². The molecule has 7 heteroatoms. The van der Waals surface area contributed by atoms with E-state index in [9.17, 15) is 9.18 Å². The second-order valence-electron chi connectivity index (χ2n) is 8.27. The molecular weight excluding hydrogens is 381 g/mol. The number of benzene rings is 1. The monoisotopic (exact) mass is 403 g/mol. The first-order chi connectivity index (χ1) is 14.2. The molecule has 30 heavy (non-hydrogen) atoms. The Labute approximate surface area is 173 Å². The fraction of sp³-hybridized carbons (Fsp3) is 0.217. The number of nitrogens with zero attached hydrogens (tertiary/aromatic N) is 4. The van der Waals surface area contributed by atoms with Crippen molar-refractivity contribution in [3.63, 3.8) is 0 Å². The first-order valence-electron chi connectivity index (χ1n) is 9.60. The van der Waals surface area contributed by atoms with Crippen LogP contribution in [0.4, 0.5) is 10.1 Å². The van der Waals surface area contributed by atoms with E-state index in [2.05, 4.69) is 20.4 Å². The minimum absolute atomic E-state index is 0.0484. The van der Waals surface area contributed by atoms with E-state index in [4.69, 9.17) is 0 Å². The van der Waals surface area contributed by atoms with Crippen LogP contribution < -0.4 is 5.32 Å². The molecule has 152 valence electrons. The average molecular weight is 403 g/mol. The first-order valence-corrected chi connectivity index (χ1v) is 9.60. The molecule has 0 unspecified atom stereocenters. The number of rotatable bonds is 3. The lowest BCUT2D eigenvalue weighted by atomic mass is 9.95. The number of imidazole rings is 1. The molecule has 0 bridgehead atoms. The molecule has 4 aromatic rings. The zero-order valence-electron chi connectivity index (χ0n) is 17.3. The van der Waals surface area contributed by atoms with Crippen molar-refractivity contribution in [1.82, 2.24) is 19.6 Å². The Bertz CT molecular complexity index is 1260. The average Bonchev–Trinajstić information content (AvgIpc) is 3.12. The normalized spacial score (nSPS) is 11.6. The Hall–Kier alpha value is -3.61. The van der Waals surface area contributed by atoms with Crippen molar-refractivity contribution in [2.24, 2.45) is 5.41 Å². The molecule has 0 aliphatic heterocycles. The number of fused-ring (bicyclic) bond motifs is 1. The van der Waals surface area contributed by atoms with Gasteiger partial charge in [-0.15, -0.1) is 0 Å². The molecule has 0 radical (unpaired) electrons. The van der Waals surface area contributed by atoms with Crippen molar-refractivity contribution in [3.8, 4) is 22.5 Å². The summed E-state index contributed by atoms with van der Waals surface area (Å²) >= 11 is 0. The Kier molecular flexibility index (Phi) is 4.81. The summed E-state index contributed by atoms with van der Waals surface area (Å²) < 4.78 is 15.1. The summed E-state index contributed by atoms with van der Waals surface area (Å²) in [6.45, 7) is 7.58. The lowest BCUT2D eigenvalue weighted by molar-refractivity contribution is -0.123. The maximum atomic E-state index is 13.5.